The Hall–Kier alpha value is -0.0400. The van der Waals surface area contributed by atoms with Crippen LogP contribution < -0.4 is 0 Å². The van der Waals surface area contributed by atoms with Crippen molar-refractivity contribution in [3.05, 3.63) is 0 Å². The quantitative estimate of drug-likeness (QED) is 0.308. The van der Waals surface area contributed by atoms with E-state index in [0.29, 0.717) is 30.8 Å². The van der Waals surface area contributed by atoms with Gasteiger partial charge in [-0.3, -0.25) is 0 Å². The Balaban J connectivity index is 1.89. The van der Waals surface area contributed by atoms with E-state index >= 15 is 0 Å². The first kappa shape index (κ1) is 9.05. The summed E-state index contributed by atoms with van der Waals surface area (Å²) in [5.41, 5.74) is 0. The van der Waals surface area contributed by atoms with Gasteiger partial charge in [0.2, 0.25) is 0 Å². The molecule has 0 aromatic rings. The Bertz CT molecular complexity index is 171. The fourth-order valence-corrected chi connectivity index (χ4v) is 0.928. The number of epoxide rings is 1. The van der Waals surface area contributed by atoms with E-state index in [2.05, 4.69) is 27.8 Å². The summed E-state index contributed by atoms with van der Waals surface area (Å²) < 4.78 is 10.4. The van der Waals surface area contributed by atoms with E-state index in [1.165, 1.54) is 0 Å². The zero-order chi connectivity index (χ0) is 8.10. The third kappa shape index (κ3) is 3.76. The molecule has 2 nitrogen and oxygen atoms in total. The molecule has 1 aliphatic heterocycles. The molecular weight excluding hydrogens is 208 g/mol. The molecule has 0 spiro atoms. The molecular formula is C8H11BrO2. The second-order valence-corrected chi connectivity index (χ2v) is 2.94. The molecule has 1 fully saturated rings. The summed E-state index contributed by atoms with van der Waals surface area (Å²) in [6.45, 7) is 3.23. The van der Waals surface area contributed by atoms with Gasteiger partial charge in [0.15, 0.2) is 0 Å². The van der Waals surface area contributed by atoms with E-state index in [-0.39, 0.29) is 0 Å². The van der Waals surface area contributed by atoms with Crippen molar-refractivity contribution in [2.45, 2.75) is 19.1 Å². The Morgan fingerprint density at radius 1 is 1.55 bits per heavy atom. The average Bonchev–Trinajstić information content (AvgIpc) is 2.67. The third-order valence-electron chi connectivity index (χ3n) is 1.48. The molecule has 1 heterocycles. The minimum absolute atomic E-state index is 0.320. The standard InChI is InChI=1S/C8H11BrO2/c1-7-8(11-7)6-10-5-3-2-4-9/h7-8H,4-6H2,1H3/t7-,8-/m1/s1. The predicted octanol–water partition coefficient (Wildman–Crippen LogP) is 1.19. The molecule has 1 rings (SSSR count). The molecule has 0 N–H and O–H groups in total. The second kappa shape index (κ2) is 4.76. The van der Waals surface area contributed by atoms with Crippen LogP contribution in [0.2, 0.25) is 0 Å². The van der Waals surface area contributed by atoms with Gasteiger partial charge >= 0.3 is 0 Å². The van der Waals surface area contributed by atoms with Crippen LogP contribution in [0.5, 0.6) is 0 Å². The minimum Gasteiger partial charge on any atom is -0.367 e. The van der Waals surface area contributed by atoms with Crippen LogP contribution in [0.3, 0.4) is 0 Å². The maximum Gasteiger partial charge on any atom is 0.107 e. The molecule has 0 bridgehead atoms. The van der Waals surface area contributed by atoms with Crippen LogP contribution >= 0.6 is 15.9 Å². The monoisotopic (exact) mass is 218 g/mol. The van der Waals surface area contributed by atoms with Crippen molar-refractivity contribution in [1.29, 1.82) is 0 Å². The van der Waals surface area contributed by atoms with Crippen molar-refractivity contribution in [3.8, 4) is 11.8 Å². The number of ether oxygens (including phenoxy) is 2. The minimum atomic E-state index is 0.320. The topological polar surface area (TPSA) is 21.8 Å². The van der Waals surface area contributed by atoms with E-state index in [1.807, 2.05) is 6.92 Å². The van der Waals surface area contributed by atoms with Crippen LogP contribution in [-0.2, 0) is 9.47 Å². The van der Waals surface area contributed by atoms with E-state index in [0.717, 1.165) is 0 Å². The third-order valence-corrected chi connectivity index (χ3v) is 1.76. The van der Waals surface area contributed by atoms with Crippen LogP contribution in [0.1, 0.15) is 6.92 Å². The SMILES string of the molecule is C[C@H]1O[C@@H]1COCC#CCBr. The molecule has 11 heavy (non-hydrogen) atoms. The lowest BCUT2D eigenvalue weighted by molar-refractivity contribution is 0.145. The molecule has 3 heteroatoms. The van der Waals surface area contributed by atoms with Crippen molar-refractivity contribution in [2.24, 2.45) is 0 Å². The Kier molecular flexibility index (Phi) is 3.92. The van der Waals surface area contributed by atoms with Gasteiger partial charge in [-0.15, -0.1) is 0 Å². The number of rotatable bonds is 3. The highest BCUT2D eigenvalue weighted by Gasteiger charge is 2.33. The Morgan fingerprint density at radius 3 is 2.82 bits per heavy atom. The summed E-state index contributed by atoms with van der Waals surface area (Å²) in [6, 6.07) is 0. The van der Waals surface area contributed by atoms with Gasteiger partial charge in [0.1, 0.15) is 12.7 Å². The van der Waals surface area contributed by atoms with Gasteiger partial charge in [-0.05, 0) is 6.92 Å². The molecule has 0 radical (unpaired) electrons. The highest BCUT2D eigenvalue weighted by Crippen LogP contribution is 2.20. The second-order valence-electron chi connectivity index (χ2n) is 2.38. The number of halogens is 1. The molecule has 62 valence electrons. The van der Waals surface area contributed by atoms with Gasteiger partial charge in [0.05, 0.1) is 18.0 Å². The maximum absolute atomic E-state index is 5.21. The summed E-state index contributed by atoms with van der Waals surface area (Å²) in [5.74, 6) is 5.71. The fourth-order valence-electron chi connectivity index (χ4n) is 0.730. The molecule has 0 aliphatic carbocycles. The largest absolute Gasteiger partial charge is 0.367 e. The summed E-state index contributed by atoms with van der Waals surface area (Å²) in [5, 5.41) is 0.715. The molecule has 0 saturated carbocycles. The van der Waals surface area contributed by atoms with Crippen LogP contribution in [0.4, 0.5) is 0 Å². The molecule has 0 aromatic heterocycles. The van der Waals surface area contributed by atoms with Crippen LogP contribution in [0, 0.1) is 11.8 Å². The smallest absolute Gasteiger partial charge is 0.107 e. The highest BCUT2D eigenvalue weighted by molar-refractivity contribution is 9.09. The Morgan fingerprint density at radius 2 is 2.27 bits per heavy atom. The van der Waals surface area contributed by atoms with Gasteiger partial charge in [0.25, 0.3) is 0 Å². The first-order chi connectivity index (χ1) is 5.34. The van der Waals surface area contributed by atoms with E-state index in [9.17, 15) is 0 Å². The fraction of sp³-hybridized carbons (Fsp3) is 0.750. The average molecular weight is 219 g/mol. The molecule has 0 amide bonds. The summed E-state index contributed by atoms with van der Waals surface area (Å²) >= 11 is 3.20. The van der Waals surface area contributed by atoms with Crippen molar-refractivity contribution in [3.63, 3.8) is 0 Å². The lowest BCUT2D eigenvalue weighted by atomic mass is 10.4. The number of alkyl halides is 1. The summed E-state index contributed by atoms with van der Waals surface area (Å²) in [7, 11) is 0. The lowest BCUT2D eigenvalue weighted by Crippen LogP contribution is -2.03. The van der Waals surface area contributed by atoms with Crippen molar-refractivity contribution < 1.29 is 9.47 Å². The normalized spacial score (nSPS) is 27.5. The van der Waals surface area contributed by atoms with E-state index < -0.39 is 0 Å². The number of hydrogen-bond donors (Lipinski definition) is 0. The number of hydrogen-bond acceptors (Lipinski definition) is 2. The maximum atomic E-state index is 5.21. The first-order valence-corrected chi connectivity index (χ1v) is 4.71. The molecule has 1 aliphatic rings. The van der Waals surface area contributed by atoms with Gasteiger partial charge in [-0.1, -0.05) is 27.8 Å². The lowest BCUT2D eigenvalue weighted by Gasteiger charge is -1.92. The van der Waals surface area contributed by atoms with Crippen LogP contribution in [-0.4, -0.2) is 30.8 Å². The van der Waals surface area contributed by atoms with Gasteiger partial charge in [-0.2, -0.15) is 0 Å². The zero-order valence-corrected chi connectivity index (χ0v) is 8.06. The molecule has 0 unspecified atom stereocenters. The first-order valence-electron chi connectivity index (χ1n) is 3.59. The molecule has 0 aromatic carbocycles. The van der Waals surface area contributed by atoms with Gasteiger partial charge < -0.3 is 9.47 Å². The van der Waals surface area contributed by atoms with Crippen molar-refractivity contribution in [1.82, 2.24) is 0 Å². The van der Waals surface area contributed by atoms with Crippen LogP contribution in [0.25, 0.3) is 0 Å². The Labute approximate surface area is 75.4 Å². The van der Waals surface area contributed by atoms with Crippen LogP contribution in [0.15, 0.2) is 0 Å². The van der Waals surface area contributed by atoms with Crippen molar-refractivity contribution >= 4 is 15.9 Å². The van der Waals surface area contributed by atoms with E-state index in [1.54, 1.807) is 0 Å². The zero-order valence-electron chi connectivity index (χ0n) is 6.47. The highest BCUT2D eigenvalue weighted by atomic mass is 79.9. The van der Waals surface area contributed by atoms with Crippen molar-refractivity contribution in [2.75, 3.05) is 18.5 Å². The summed E-state index contributed by atoms with van der Waals surface area (Å²) in [6.07, 6.45) is 0.708. The van der Waals surface area contributed by atoms with E-state index in [4.69, 9.17) is 9.47 Å². The molecule has 2 atom stereocenters. The van der Waals surface area contributed by atoms with Gasteiger partial charge in [-0.25, -0.2) is 0 Å². The summed E-state index contributed by atoms with van der Waals surface area (Å²) in [4.78, 5) is 0. The predicted molar refractivity (Wildman–Crippen MR) is 46.7 cm³/mol. The molecule has 1 saturated heterocycles. The van der Waals surface area contributed by atoms with Gasteiger partial charge in [0, 0.05) is 0 Å².